The highest BCUT2D eigenvalue weighted by atomic mass is 32.2. The molecule has 21 heavy (non-hydrogen) atoms. The van der Waals surface area contributed by atoms with Crippen LogP contribution in [0, 0.1) is 6.92 Å². The number of rotatable bonds is 6. The highest BCUT2D eigenvalue weighted by molar-refractivity contribution is 7.89. The van der Waals surface area contributed by atoms with Crippen LogP contribution in [0.3, 0.4) is 0 Å². The number of nitrogens with one attached hydrogen (secondary N) is 1. The first kappa shape index (κ1) is 15.5. The summed E-state index contributed by atoms with van der Waals surface area (Å²) in [7, 11) is -2.16. The first-order chi connectivity index (χ1) is 9.96. The van der Waals surface area contributed by atoms with E-state index in [9.17, 15) is 8.42 Å². The molecule has 0 bridgehead atoms. The van der Waals surface area contributed by atoms with Gasteiger partial charge in [-0.25, -0.2) is 18.1 Å². The van der Waals surface area contributed by atoms with Crippen LogP contribution >= 0.6 is 0 Å². The van der Waals surface area contributed by atoms with Gasteiger partial charge < -0.3 is 14.9 Å². The number of aryl methyl sites for hydroxylation is 1. The van der Waals surface area contributed by atoms with E-state index < -0.39 is 10.0 Å². The second-order valence-corrected chi connectivity index (χ2v) is 6.10. The van der Waals surface area contributed by atoms with Crippen LogP contribution < -0.4 is 15.2 Å². The minimum Gasteiger partial charge on any atom is -0.481 e. The number of hydrogen-bond acceptors (Lipinski definition) is 6. The maximum atomic E-state index is 12.3. The van der Waals surface area contributed by atoms with Crippen LogP contribution in [0.15, 0.2) is 33.7 Å². The third kappa shape index (κ3) is 3.60. The van der Waals surface area contributed by atoms with Crippen LogP contribution in [0.1, 0.15) is 17.1 Å². The molecule has 0 aliphatic heterocycles. The van der Waals surface area contributed by atoms with Crippen molar-refractivity contribution >= 4 is 10.0 Å². The fourth-order valence-electron chi connectivity index (χ4n) is 1.82. The largest absolute Gasteiger partial charge is 0.481 e. The SMILES string of the molecule is COc1cc(CNS(=O)(=O)c2cc(CN)oc2C)ccn1. The summed E-state index contributed by atoms with van der Waals surface area (Å²) in [5, 5.41) is 0. The number of pyridine rings is 1. The van der Waals surface area contributed by atoms with E-state index in [2.05, 4.69) is 9.71 Å². The van der Waals surface area contributed by atoms with Crippen molar-refractivity contribution in [3.63, 3.8) is 0 Å². The van der Waals surface area contributed by atoms with Gasteiger partial charge in [-0.15, -0.1) is 0 Å². The number of nitrogens with two attached hydrogens (primary N) is 1. The quantitative estimate of drug-likeness (QED) is 0.821. The predicted molar refractivity (Wildman–Crippen MR) is 76.2 cm³/mol. The summed E-state index contributed by atoms with van der Waals surface area (Å²) < 4.78 is 37.3. The molecule has 2 aromatic rings. The summed E-state index contributed by atoms with van der Waals surface area (Å²) >= 11 is 0. The molecule has 0 unspecified atom stereocenters. The fraction of sp³-hybridized carbons (Fsp3) is 0.308. The van der Waals surface area contributed by atoms with Crippen molar-refractivity contribution in [1.29, 1.82) is 0 Å². The molecule has 2 aromatic heterocycles. The molecular formula is C13H17N3O4S. The minimum atomic E-state index is -3.66. The van der Waals surface area contributed by atoms with Gasteiger partial charge in [-0.3, -0.25) is 0 Å². The standard InChI is InChI=1S/C13H17N3O4S/c1-9-12(6-11(7-14)20-9)21(17,18)16-8-10-3-4-15-13(5-10)19-2/h3-6,16H,7-8,14H2,1-2H3. The molecule has 0 amide bonds. The molecule has 2 rings (SSSR count). The van der Waals surface area contributed by atoms with E-state index in [1.165, 1.54) is 13.2 Å². The molecule has 0 saturated carbocycles. The Morgan fingerprint density at radius 1 is 1.43 bits per heavy atom. The molecule has 0 fully saturated rings. The average molecular weight is 311 g/mol. The zero-order valence-corrected chi connectivity index (χ0v) is 12.6. The molecule has 0 spiro atoms. The molecule has 0 aliphatic carbocycles. The monoisotopic (exact) mass is 311 g/mol. The van der Waals surface area contributed by atoms with Gasteiger partial charge >= 0.3 is 0 Å². The average Bonchev–Trinajstić information content (AvgIpc) is 2.87. The molecule has 114 valence electrons. The molecule has 8 heteroatoms. The summed E-state index contributed by atoms with van der Waals surface area (Å²) in [6.07, 6.45) is 1.55. The van der Waals surface area contributed by atoms with Gasteiger partial charge in [-0.2, -0.15) is 0 Å². The van der Waals surface area contributed by atoms with Crippen LogP contribution in [-0.4, -0.2) is 20.5 Å². The zero-order chi connectivity index (χ0) is 15.5. The van der Waals surface area contributed by atoms with E-state index >= 15 is 0 Å². The van der Waals surface area contributed by atoms with Gasteiger partial charge in [-0.1, -0.05) is 0 Å². The third-order valence-electron chi connectivity index (χ3n) is 2.89. The van der Waals surface area contributed by atoms with Crippen LogP contribution in [0.25, 0.3) is 0 Å². The molecule has 0 atom stereocenters. The van der Waals surface area contributed by atoms with Crippen LogP contribution in [0.4, 0.5) is 0 Å². The highest BCUT2D eigenvalue weighted by Gasteiger charge is 2.20. The van der Waals surface area contributed by atoms with Gasteiger partial charge in [0.25, 0.3) is 0 Å². The second kappa shape index (κ2) is 6.25. The maximum Gasteiger partial charge on any atom is 0.244 e. The number of aromatic nitrogens is 1. The van der Waals surface area contributed by atoms with Crippen molar-refractivity contribution in [3.05, 3.63) is 41.5 Å². The molecule has 0 aromatic carbocycles. The fourth-order valence-corrected chi connectivity index (χ4v) is 3.04. The van der Waals surface area contributed by atoms with Crippen molar-refractivity contribution < 1.29 is 17.6 Å². The lowest BCUT2D eigenvalue weighted by Gasteiger charge is -2.06. The Morgan fingerprint density at radius 3 is 2.81 bits per heavy atom. The Labute approximate surface area is 123 Å². The number of nitrogens with zero attached hydrogens (tertiary/aromatic N) is 1. The van der Waals surface area contributed by atoms with E-state index in [-0.39, 0.29) is 18.0 Å². The van der Waals surface area contributed by atoms with Gasteiger partial charge in [0, 0.05) is 24.9 Å². The van der Waals surface area contributed by atoms with Crippen LogP contribution in [0.2, 0.25) is 0 Å². The molecule has 0 radical (unpaired) electrons. The van der Waals surface area contributed by atoms with Gasteiger partial charge in [-0.05, 0) is 18.6 Å². The Bertz CT molecular complexity index is 725. The molecular weight excluding hydrogens is 294 g/mol. The molecule has 7 nitrogen and oxygen atoms in total. The number of hydrogen-bond donors (Lipinski definition) is 2. The summed E-state index contributed by atoms with van der Waals surface area (Å²) in [5.74, 6) is 1.17. The Balaban J connectivity index is 2.15. The van der Waals surface area contributed by atoms with E-state index in [1.54, 1.807) is 25.3 Å². The molecule has 2 heterocycles. The summed E-state index contributed by atoms with van der Waals surface area (Å²) in [6, 6.07) is 4.80. The zero-order valence-electron chi connectivity index (χ0n) is 11.8. The number of furan rings is 1. The lowest BCUT2D eigenvalue weighted by atomic mass is 10.3. The first-order valence-electron chi connectivity index (χ1n) is 6.24. The van der Waals surface area contributed by atoms with E-state index in [0.717, 1.165) is 5.56 Å². The number of sulfonamides is 1. The van der Waals surface area contributed by atoms with E-state index in [1.807, 2.05) is 0 Å². The smallest absolute Gasteiger partial charge is 0.244 e. The van der Waals surface area contributed by atoms with Gasteiger partial charge in [0.2, 0.25) is 15.9 Å². The van der Waals surface area contributed by atoms with Gasteiger partial charge in [0.15, 0.2) is 0 Å². The van der Waals surface area contributed by atoms with Crippen molar-refractivity contribution in [2.24, 2.45) is 5.73 Å². The lowest BCUT2D eigenvalue weighted by Crippen LogP contribution is -2.23. The predicted octanol–water partition coefficient (Wildman–Crippen LogP) is 0.929. The normalized spacial score (nSPS) is 11.6. The number of methoxy groups -OCH3 is 1. The maximum absolute atomic E-state index is 12.3. The van der Waals surface area contributed by atoms with Gasteiger partial charge in [0.1, 0.15) is 16.4 Å². The second-order valence-electron chi connectivity index (χ2n) is 4.37. The molecule has 3 N–H and O–H groups in total. The Hall–Kier alpha value is -1.90. The van der Waals surface area contributed by atoms with Crippen molar-refractivity contribution in [1.82, 2.24) is 9.71 Å². The lowest BCUT2D eigenvalue weighted by molar-refractivity contribution is 0.397. The Kier molecular flexibility index (Phi) is 4.61. The highest BCUT2D eigenvalue weighted by Crippen LogP contribution is 2.20. The van der Waals surface area contributed by atoms with E-state index in [0.29, 0.717) is 17.4 Å². The topological polar surface area (TPSA) is 107 Å². The van der Waals surface area contributed by atoms with Crippen molar-refractivity contribution in [3.8, 4) is 5.88 Å². The third-order valence-corrected chi connectivity index (χ3v) is 4.40. The number of ether oxygens (including phenoxy) is 1. The minimum absolute atomic E-state index is 0.101. The first-order valence-corrected chi connectivity index (χ1v) is 7.72. The molecule has 0 aliphatic rings. The van der Waals surface area contributed by atoms with Crippen molar-refractivity contribution in [2.45, 2.75) is 24.9 Å². The summed E-state index contributed by atoms with van der Waals surface area (Å²) in [6.45, 7) is 1.87. The van der Waals surface area contributed by atoms with Crippen LogP contribution in [-0.2, 0) is 23.1 Å². The molecule has 0 saturated heterocycles. The van der Waals surface area contributed by atoms with Crippen LogP contribution in [0.5, 0.6) is 5.88 Å². The van der Waals surface area contributed by atoms with E-state index in [4.69, 9.17) is 14.9 Å². The van der Waals surface area contributed by atoms with Crippen molar-refractivity contribution in [2.75, 3.05) is 7.11 Å². The Morgan fingerprint density at radius 2 is 2.19 bits per heavy atom. The van der Waals surface area contributed by atoms with Gasteiger partial charge in [0.05, 0.1) is 13.7 Å². The summed E-state index contributed by atoms with van der Waals surface area (Å²) in [5.41, 5.74) is 6.18. The summed E-state index contributed by atoms with van der Waals surface area (Å²) in [4.78, 5) is 4.06.